The fraction of sp³-hybridized carbons (Fsp3) is 0.238. The van der Waals surface area contributed by atoms with E-state index < -0.39 is 29.2 Å². The summed E-state index contributed by atoms with van der Waals surface area (Å²) in [7, 11) is 0. The Morgan fingerprint density at radius 1 is 1.34 bits per heavy atom. The molecule has 13 nitrogen and oxygen atoms in total. The van der Waals surface area contributed by atoms with Crippen molar-refractivity contribution in [1.82, 2.24) is 29.8 Å². The van der Waals surface area contributed by atoms with E-state index in [0.29, 0.717) is 27.2 Å². The fourth-order valence-electron chi connectivity index (χ4n) is 3.59. The Morgan fingerprint density at radius 3 is 2.79 bits per heavy atom. The minimum atomic E-state index is -1.21. The Hall–Kier alpha value is -3.54. The van der Waals surface area contributed by atoms with E-state index in [1.54, 1.807) is 17.6 Å². The van der Waals surface area contributed by atoms with Crippen molar-refractivity contribution in [2.45, 2.75) is 22.7 Å². The molecule has 2 aliphatic rings. The van der Waals surface area contributed by atoms with Crippen molar-refractivity contribution in [2.75, 3.05) is 17.2 Å². The number of nitrogens with one attached hydrogen (secondary N) is 1. The molecule has 38 heavy (non-hydrogen) atoms. The second-order valence-electron chi connectivity index (χ2n) is 7.91. The van der Waals surface area contributed by atoms with E-state index in [0.717, 1.165) is 17.1 Å². The average Bonchev–Trinajstić information content (AvgIpc) is 3.58. The lowest BCUT2D eigenvalue weighted by Gasteiger charge is -2.49. The summed E-state index contributed by atoms with van der Waals surface area (Å²) in [5.41, 5.74) is 8.53. The van der Waals surface area contributed by atoms with Crippen molar-refractivity contribution in [3.63, 3.8) is 0 Å². The van der Waals surface area contributed by atoms with Gasteiger partial charge in [0.25, 0.3) is 11.8 Å². The number of carbonyl (C=O) groups is 3. The molecule has 2 aliphatic heterocycles. The van der Waals surface area contributed by atoms with Gasteiger partial charge in [-0.15, -0.1) is 22.0 Å². The molecule has 0 bridgehead atoms. The Kier molecular flexibility index (Phi) is 7.59. The maximum Gasteiger partial charge on any atom is 0.352 e. The Morgan fingerprint density at radius 2 is 2.13 bits per heavy atom. The van der Waals surface area contributed by atoms with E-state index >= 15 is 0 Å². The molecule has 0 saturated carbocycles. The lowest BCUT2D eigenvalue weighted by Crippen LogP contribution is -2.71. The number of hydrogen-bond acceptors (Lipinski definition) is 14. The van der Waals surface area contributed by atoms with Crippen LogP contribution >= 0.6 is 46.4 Å². The zero-order chi connectivity index (χ0) is 26.8. The molecule has 5 rings (SSSR count). The minimum absolute atomic E-state index is 0.0563. The Balaban J connectivity index is 1.32. The first-order chi connectivity index (χ1) is 18.3. The quantitative estimate of drug-likeness (QED) is 0.142. The number of aliphatic carboxylic acids is 1. The molecular formula is C21H18N8O5S4. The summed E-state index contributed by atoms with van der Waals surface area (Å²) in [6.45, 7) is 1.92. The van der Waals surface area contributed by atoms with Gasteiger partial charge in [-0.2, -0.15) is 9.36 Å². The van der Waals surface area contributed by atoms with Crippen molar-refractivity contribution >= 4 is 75.0 Å². The van der Waals surface area contributed by atoms with Gasteiger partial charge in [-0.3, -0.25) is 14.5 Å². The van der Waals surface area contributed by atoms with Gasteiger partial charge in [0.05, 0.1) is 0 Å². The van der Waals surface area contributed by atoms with Gasteiger partial charge in [-0.25, -0.2) is 4.79 Å². The number of hydrogen-bond donors (Lipinski definition) is 3. The van der Waals surface area contributed by atoms with Crippen molar-refractivity contribution in [3.8, 4) is 5.75 Å². The third-order valence-electron chi connectivity index (χ3n) is 5.38. The summed E-state index contributed by atoms with van der Waals surface area (Å²) in [6, 6.07) is 6.03. The van der Waals surface area contributed by atoms with Crippen molar-refractivity contribution < 1.29 is 24.3 Å². The first-order valence-electron chi connectivity index (χ1n) is 10.8. The topological polar surface area (TPSA) is 186 Å². The van der Waals surface area contributed by atoms with Crippen LogP contribution in [-0.4, -0.2) is 76.0 Å². The van der Waals surface area contributed by atoms with Crippen molar-refractivity contribution in [3.05, 3.63) is 52.4 Å². The molecular weight excluding hydrogens is 573 g/mol. The molecule has 1 fully saturated rings. The van der Waals surface area contributed by atoms with E-state index in [1.165, 1.54) is 39.8 Å². The number of carboxylic acids is 1. The van der Waals surface area contributed by atoms with Gasteiger partial charge >= 0.3 is 5.97 Å². The molecule has 4 heterocycles. The van der Waals surface area contributed by atoms with E-state index in [1.807, 2.05) is 19.1 Å². The lowest BCUT2D eigenvalue weighted by molar-refractivity contribution is -0.150. The van der Waals surface area contributed by atoms with E-state index in [-0.39, 0.29) is 22.4 Å². The zero-order valence-corrected chi connectivity index (χ0v) is 22.7. The average molecular weight is 591 g/mol. The molecule has 0 radical (unpaired) electrons. The molecule has 1 saturated heterocycles. The highest BCUT2D eigenvalue weighted by Crippen LogP contribution is 2.41. The molecule has 196 valence electrons. The highest BCUT2D eigenvalue weighted by molar-refractivity contribution is 8.01. The van der Waals surface area contributed by atoms with Crippen LogP contribution in [0.1, 0.15) is 11.4 Å². The van der Waals surface area contributed by atoms with Gasteiger partial charge in [0.2, 0.25) is 11.5 Å². The Labute approximate surface area is 231 Å². The van der Waals surface area contributed by atoms with Crippen LogP contribution in [0.5, 0.6) is 5.75 Å². The number of nitrogen functional groups attached to an aromatic ring is 1. The number of amides is 2. The third kappa shape index (κ3) is 5.35. The van der Waals surface area contributed by atoms with Crippen LogP contribution in [0.2, 0.25) is 0 Å². The largest absolute Gasteiger partial charge is 0.477 e. The summed E-state index contributed by atoms with van der Waals surface area (Å²) in [4.78, 5) is 49.0. The number of benzene rings is 1. The van der Waals surface area contributed by atoms with Gasteiger partial charge < -0.3 is 21.0 Å². The van der Waals surface area contributed by atoms with Crippen LogP contribution in [0, 0.1) is 6.92 Å². The number of carboxylic acid groups (broad SMARTS) is 1. The summed E-state index contributed by atoms with van der Waals surface area (Å²) < 4.78 is 4.74. The number of fused-ring (bicyclic) bond motifs is 1. The van der Waals surface area contributed by atoms with E-state index in [4.69, 9.17) is 10.6 Å². The van der Waals surface area contributed by atoms with Crippen LogP contribution in [0.15, 0.2) is 50.5 Å². The number of aryl methyl sites for hydroxylation is 1. The molecule has 0 spiro atoms. The summed E-state index contributed by atoms with van der Waals surface area (Å²) >= 11 is 4.94. The van der Waals surface area contributed by atoms with Crippen LogP contribution in [0.3, 0.4) is 0 Å². The summed E-state index contributed by atoms with van der Waals surface area (Å²) in [6.07, 6.45) is 0. The van der Waals surface area contributed by atoms with Crippen LogP contribution in [-0.2, 0) is 14.4 Å². The van der Waals surface area contributed by atoms with Gasteiger partial charge in [0, 0.05) is 23.0 Å². The number of rotatable bonds is 9. The standard InChI is InChI=1S/C21H18N8O5S4/c1-9-2-4-11(5-3-9)34-27-12(15-25-20(22)38-28-15)16(30)24-13-17(31)29-14(19(32)33)10(6-35-18(13)29)7-36-21-26-23-8-37-21/h2-5,8,13,18H,6-7H2,1H3,(H,24,30)(H,32,33)(H2,22,25,28)/t13?,18-/m0/s1. The van der Waals surface area contributed by atoms with E-state index in [9.17, 15) is 19.5 Å². The number of nitrogens with two attached hydrogens (primary N) is 1. The SMILES string of the molecule is Cc1ccc(ON=C(C(=O)NC2C(=O)N3C(C(=O)O)=C(CSc4nncs4)CS[C@@H]23)c2nsc(N)n2)cc1. The lowest BCUT2D eigenvalue weighted by atomic mass is 10.0. The molecule has 1 aromatic carbocycles. The number of aromatic nitrogens is 4. The molecule has 1 unspecified atom stereocenters. The van der Waals surface area contributed by atoms with Crippen LogP contribution in [0.25, 0.3) is 0 Å². The van der Waals surface area contributed by atoms with Gasteiger partial charge in [-0.05, 0) is 24.6 Å². The highest BCUT2D eigenvalue weighted by Gasteiger charge is 2.54. The van der Waals surface area contributed by atoms with Crippen molar-refractivity contribution in [1.29, 1.82) is 0 Å². The molecule has 17 heteroatoms. The first-order valence-corrected chi connectivity index (χ1v) is 14.5. The molecule has 2 atom stereocenters. The second-order valence-corrected chi connectivity index (χ2v) is 11.9. The normalized spacial score (nSPS) is 19.1. The maximum absolute atomic E-state index is 13.2. The van der Waals surface area contributed by atoms with Gasteiger partial charge in [-0.1, -0.05) is 46.0 Å². The summed E-state index contributed by atoms with van der Waals surface area (Å²) in [5, 5.41) is 23.7. The third-order valence-corrected chi connectivity index (χ3v) is 9.21. The summed E-state index contributed by atoms with van der Waals surface area (Å²) in [5.74, 6) is -1.47. The number of oxime groups is 1. The maximum atomic E-state index is 13.2. The predicted molar refractivity (Wildman–Crippen MR) is 143 cm³/mol. The van der Waals surface area contributed by atoms with Gasteiger partial charge in [0.15, 0.2) is 15.2 Å². The number of thioether (sulfide) groups is 2. The molecule has 0 aliphatic carbocycles. The number of anilines is 1. The fourth-order valence-corrected chi connectivity index (χ4v) is 7.00. The van der Waals surface area contributed by atoms with Crippen molar-refractivity contribution in [2.24, 2.45) is 5.16 Å². The number of carbonyl (C=O) groups excluding carboxylic acids is 2. The molecule has 4 N–H and O–H groups in total. The Bertz CT molecular complexity index is 1440. The predicted octanol–water partition coefficient (Wildman–Crippen LogP) is 1.59. The van der Waals surface area contributed by atoms with Crippen LogP contribution < -0.4 is 15.9 Å². The smallest absolute Gasteiger partial charge is 0.352 e. The van der Waals surface area contributed by atoms with E-state index in [2.05, 4.69) is 30.0 Å². The molecule has 2 aromatic heterocycles. The number of β-lactam (4-membered cyclic amide) rings is 1. The van der Waals surface area contributed by atoms with Gasteiger partial charge in [0.1, 0.15) is 22.6 Å². The highest BCUT2D eigenvalue weighted by atomic mass is 32.2. The first kappa shape index (κ1) is 26.1. The second kappa shape index (κ2) is 11.1. The molecule has 2 amide bonds. The van der Waals surface area contributed by atoms with Crippen LogP contribution in [0.4, 0.5) is 5.13 Å². The molecule has 3 aromatic rings. The number of nitrogens with zero attached hydrogens (tertiary/aromatic N) is 6. The minimum Gasteiger partial charge on any atom is -0.477 e. The monoisotopic (exact) mass is 590 g/mol. The zero-order valence-electron chi connectivity index (χ0n) is 19.4.